The van der Waals surface area contributed by atoms with E-state index >= 15 is 0 Å². The number of rotatable bonds is 5. The monoisotopic (exact) mass is 230 g/mol. The van der Waals surface area contributed by atoms with Crippen LogP contribution in [0.2, 0.25) is 0 Å². The third-order valence-electron chi connectivity index (χ3n) is 4.01. The van der Waals surface area contributed by atoms with Crippen LogP contribution in [0.1, 0.15) is 68.3 Å². The van der Waals surface area contributed by atoms with Gasteiger partial charge in [0.05, 0.1) is 0 Å². The summed E-state index contributed by atoms with van der Waals surface area (Å²) in [6.45, 7) is 4.48. The van der Waals surface area contributed by atoms with Crippen molar-refractivity contribution in [2.45, 2.75) is 57.8 Å². The van der Waals surface area contributed by atoms with E-state index in [4.69, 9.17) is 0 Å². The standard InChI is InChI=1S/C16H22O/c1-3-4-5-8-11-16(2)12-15(17)13-9-6-7-10-14(13)16/h6-7,9-10H,3-5,8,11-12H2,1-2H3/t16-/m1/s1. The first-order chi connectivity index (χ1) is 8.17. The molecule has 1 atom stereocenters. The van der Waals surface area contributed by atoms with Crippen LogP contribution >= 0.6 is 0 Å². The van der Waals surface area contributed by atoms with Crippen molar-refractivity contribution in [2.24, 2.45) is 0 Å². The van der Waals surface area contributed by atoms with Crippen molar-refractivity contribution >= 4 is 5.78 Å². The molecule has 0 spiro atoms. The number of fused-ring (bicyclic) bond motifs is 1. The summed E-state index contributed by atoms with van der Waals surface area (Å²) in [7, 11) is 0. The topological polar surface area (TPSA) is 17.1 Å². The Kier molecular flexibility index (Phi) is 3.66. The second kappa shape index (κ2) is 5.03. The van der Waals surface area contributed by atoms with E-state index in [0.29, 0.717) is 12.2 Å². The number of benzene rings is 1. The highest BCUT2D eigenvalue weighted by atomic mass is 16.1. The second-order valence-corrected chi connectivity index (χ2v) is 5.52. The molecule has 0 heterocycles. The van der Waals surface area contributed by atoms with E-state index in [2.05, 4.69) is 26.0 Å². The maximum absolute atomic E-state index is 12.0. The summed E-state index contributed by atoms with van der Waals surface area (Å²) in [6.07, 6.45) is 6.97. The van der Waals surface area contributed by atoms with E-state index in [9.17, 15) is 4.79 Å². The lowest BCUT2D eigenvalue weighted by Crippen LogP contribution is -2.18. The zero-order valence-electron chi connectivity index (χ0n) is 11.0. The largest absolute Gasteiger partial charge is 0.294 e. The summed E-state index contributed by atoms with van der Waals surface area (Å²) in [5.74, 6) is 0.332. The van der Waals surface area contributed by atoms with E-state index < -0.39 is 0 Å². The number of hydrogen-bond donors (Lipinski definition) is 0. The van der Waals surface area contributed by atoms with Crippen molar-refractivity contribution in [3.05, 3.63) is 35.4 Å². The maximum atomic E-state index is 12.0. The van der Waals surface area contributed by atoms with Gasteiger partial charge in [0.1, 0.15) is 0 Å². The summed E-state index contributed by atoms with van der Waals surface area (Å²) in [6, 6.07) is 8.15. The average molecular weight is 230 g/mol. The Balaban J connectivity index is 2.09. The summed E-state index contributed by atoms with van der Waals surface area (Å²) in [5.41, 5.74) is 2.34. The van der Waals surface area contributed by atoms with Gasteiger partial charge in [0.15, 0.2) is 5.78 Å². The number of hydrogen-bond acceptors (Lipinski definition) is 1. The highest BCUT2D eigenvalue weighted by Crippen LogP contribution is 2.42. The summed E-state index contributed by atoms with van der Waals surface area (Å²) >= 11 is 0. The van der Waals surface area contributed by atoms with Gasteiger partial charge in [0.2, 0.25) is 0 Å². The molecule has 92 valence electrons. The molecule has 1 heteroatoms. The summed E-state index contributed by atoms with van der Waals surface area (Å²) < 4.78 is 0. The molecule has 1 aromatic rings. The van der Waals surface area contributed by atoms with Gasteiger partial charge in [0, 0.05) is 17.4 Å². The minimum absolute atomic E-state index is 0.0986. The van der Waals surface area contributed by atoms with Crippen LogP contribution in [0.4, 0.5) is 0 Å². The molecule has 1 aromatic carbocycles. The summed E-state index contributed by atoms with van der Waals surface area (Å²) in [4.78, 5) is 12.0. The Bertz CT molecular complexity index is 408. The van der Waals surface area contributed by atoms with Crippen molar-refractivity contribution in [1.29, 1.82) is 0 Å². The Morgan fingerprint density at radius 1 is 1.18 bits per heavy atom. The van der Waals surface area contributed by atoms with E-state index in [0.717, 1.165) is 12.0 Å². The average Bonchev–Trinajstić information content (AvgIpc) is 2.59. The maximum Gasteiger partial charge on any atom is 0.164 e. The third-order valence-corrected chi connectivity index (χ3v) is 4.01. The van der Waals surface area contributed by atoms with Crippen molar-refractivity contribution in [3.63, 3.8) is 0 Å². The lowest BCUT2D eigenvalue weighted by Gasteiger charge is -2.24. The molecule has 2 rings (SSSR count). The first-order valence-corrected chi connectivity index (χ1v) is 6.80. The van der Waals surface area contributed by atoms with Gasteiger partial charge in [-0.2, -0.15) is 0 Å². The number of carbonyl (C=O) groups is 1. The van der Waals surface area contributed by atoms with E-state index in [-0.39, 0.29) is 5.41 Å². The number of ketones is 1. The lowest BCUT2D eigenvalue weighted by molar-refractivity contribution is 0.0974. The van der Waals surface area contributed by atoms with Gasteiger partial charge in [-0.25, -0.2) is 0 Å². The van der Waals surface area contributed by atoms with Crippen LogP contribution in [-0.4, -0.2) is 5.78 Å². The molecular weight excluding hydrogens is 208 g/mol. The number of carbonyl (C=O) groups excluding carboxylic acids is 1. The molecule has 0 bridgehead atoms. The van der Waals surface area contributed by atoms with Gasteiger partial charge >= 0.3 is 0 Å². The first kappa shape index (κ1) is 12.3. The molecule has 1 aliphatic rings. The van der Waals surface area contributed by atoms with Crippen LogP contribution in [0.5, 0.6) is 0 Å². The van der Waals surface area contributed by atoms with Crippen LogP contribution in [-0.2, 0) is 5.41 Å². The molecule has 17 heavy (non-hydrogen) atoms. The summed E-state index contributed by atoms with van der Waals surface area (Å²) in [5, 5.41) is 0. The lowest BCUT2D eigenvalue weighted by atomic mass is 9.79. The molecule has 0 saturated heterocycles. The molecule has 1 nitrogen and oxygen atoms in total. The smallest absolute Gasteiger partial charge is 0.164 e. The molecule has 0 aliphatic heterocycles. The van der Waals surface area contributed by atoms with Gasteiger partial charge in [-0.15, -0.1) is 0 Å². The third kappa shape index (κ3) is 2.43. The van der Waals surface area contributed by atoms with Crippen LogP contribution in [0.3, 0.4) is 0 Å². The van der Waals surface area contributed by atoms with Crippen molar-refractivity contribution in [2.75, 3.05) is 0 Å². The fourth-order valence-electron chi connectivity index (χ4n) is 2.96. The molecule has 1 aliphatic carbocycles. The van der Waals surface area contributed by atoms with Gasteiger partial charge in [0.25, 0.3) is 0 Å². The second-order valence-electron chi connectivity index (χ2n) is 5.52. The molecular formula is C16H22O. The fraction of sp³-hybridized carbons (Fsp3) is 0.562. The van der Waals surface area contributed by atoms with Crippen LogP contribution in [0, 0.1) is 0 Å². The van der Waals surface area contributed by atoms with Crippen molar-refractivity contribution in [1.82, 2.24) is 0 Å². The van der Waals surface area contributed by atoms with E-state index in [1.165, 1.54) is 31.2 Å². The minimum Gasteiger partial charge on any atom is -0.294 e. The first-order valence-electron chi connectivity index (χ1n) is 6.80. The Morgan fingerprint density at radius 2 is 1.94 bits per heavy atom. The molecule has 0 N–H and O–H groups in total. The Morgan fingerprint density at radius 3 is 2.71 bits per heavy atom. The van der Waals surface area contributed by atoms with Crippen LogP contribution < -0.4 is 0 Å². The SMILES string of the molecule is CCCCCC[C@]1(C)CC(=O)c2ccccc21. The van der Waals surface area contributed by atoms with Crippen LogP contribution in [0.15, 0.2) is 24.3 Å². The van der Waals surface area contributed by atoms with Gasteiger partial charge in [-0.05, 0) is 12.0 Å². The quantitative estimate of drug-likeness (QED) is 0.681. The van der Waals surface area contributed by atoms with Gasteiger partial charge in [-0.3, -0.25) is 4.79 Å². The van der Waals surface area contributed by atoms with Crippen molar-refractivity contribution < 1.29 is 4.79 Å². The predicted octanol–water partition coefficient (Wildman–Crippen LogP) is 4.50. The zero-order chi connectivity index (χ0) is 12.3. The van der Waals surface area contributed by atoms with Crippen molar-refractivity contribution in [3.8, 4) is 0 Å². The van der Waals surface area contributed by atoms with Crippen LogP contribution in [0.25, 0.3) is 0 Å². The Labute approximate surface area is 104 Å². The minimum atomic E-state index is 0.0986. The van der Waals surface area contributed by atoms with E-state index in [1.807, 2.05) is 12.1 Å². The fourth-order valence-corrected chi connectivity index (χ4v) is 2.96. The van der Waals surface area contributed by atoms with E-state index in [1.54, 1.807) is 0 Å². The van der Waals surface area contributed by atoms with Gasteiger partial charge < -0.3 is 0 Å². The highest BCUT2D eigenvalue weighted by molar-refractivity contribution is 6.02. The highest BCUT2D eigenvalue weighted by Gasteiger charge is 2.38. The molecule has 0 saturated carbocycles. The normalized spacial score (nSPS) is 22.8. The molecule has 0 amide bonds. The number of unbranched alkanes of at least 4 members (excludes halogenated alkanes) is 3. The number of Topliss-reactive ketones (excluding diaryl/α,β-unsaturated/α-hetero) is 1. The molecule has 0 fully saturated rings. The zero-order valence-corrected chi connectivity index (χ0v) is 11.0. The molecule has 0 unspecified atom stereocenters. The molecule has 0 aromatic heterocycles. The Hall–Kier alpha value is -1.11. The van der Waals surface area contributed by atoms with Gasteiger partial charge in [-0.1, -0.05) is 63.8 Å². The predicted molar refractivity (Wildman–Crippen MR) is 71.5 cm³/mol. The molecule has 0 radical (unpaired) electrons.